The molecule has 0 aliphatic carbocycles. The van der Waals surface area contributed by atoms with Gasteiger partial charge in [0, 0.05) is 24.7 Å². The molecular weight excluding hydrogens is 290 g/mol. The van der Waals surface area contributed by atoms with Crippen LogP contribution in [-0.2, 0) is 9.84 Å². The third-order valence-electron chi connectivity index (χ3n) is 3.18. The Bertz CT molecular complexity index is 602. The van der Waals surface area contributed by atoms with Crippen molar-refractivity contribution in [2.75, 3.05) is 13.1 Å². The number of benzene rings is 1. The van der Waals surface area contributed by atoms with E-state index in [4.69, 9.17) is 5.73 Å². The largest absolute Gasteiger partial charge is 0.341 e. The fraction of sp³-hybridized carbons (Fsp3) is 0.417. The molecule has 20 heavy (non-hydrogen) atoms. The van der Waals surface area contributed by atoms with Gasteiger partial charge < -0.3 is 10.6 Å². The highest BCUT2D eigenvalue weighted by atomic mass is 32.2. The molecule has 1 atom stereocenters. The van der Waals surface area contributed by atoms with Gasteiger partial charge in [-0.25, -0.2) is 8.42 Å². The number of likely N-dealkylation sites (tertiary alicyclic amines) is 1. The van der Waals surface area contributed by atoms with Crippen LogP contribution in [0.3, 0.4) is 0 Å². The van der Waals surface area contributed by atoms with Crippen molar-refractivity contribution in [2.45, 2.75) is 23.1 Å². The maximum absolute atomic E-state index is 12.4. The van der Waals surface area contributed by atoms with Gasteiger partial charge in [-0.1, -0.05) is 0 Å². The Hall–Kier alpha value is -1.54. The molecule has 8 heteroatoms. The predicted molar refractivity (Wildman–Crippen MR) is 68.1 cm³/mol. The number of carbonyl (C=O) groups is 1. The summed E-state index contributed by atoms with van der Waals surface area (Å²) < 4.78 is 47.2. The Kier molecular flexibility index (Phi) is 4.05. The van der Waals surface area contributed by atoms with Crippen LogP contribution >= 0.6 is 0 Å². The van der Waals surface area contributed by atoms with Crippen LogP contribution in [0, 0.1) is 0 Å². The summed E-state index contributed by atoms with van der Waals surface area (Å²) in [5.41, 5.74) is 5.96. The van der Waals surface area contributed by atoms with Crippen molar-refractivity contribution < 1.29 is 22.0 Å². The van der Waals surface area contributed by atoms with E-state index in [9.17, 15) is 22.0 Å². The minimum atomic E-state index is -4.63. The Morgan fingerprint density at radius 2 is 1.90 bits per heavy atom. The monoisotopic (exact) mass is 304 g/mol. The van der Waals surface area contributed by atoms with Crippen LogP contribution in [0.1, 0.15) is 16.8 Å². The quantitative estimate of drug-likeness (QED) is 0.898. The van der Waals surface area contributed by atoms with Crippen molar-refractivity contribution in [1.82, 2.24) is 4.90 Å². The second kappa shape index (κ2) is 5.45. The minimum Gasteiger partial charge on any atom is -0.337 e. The van der Waals surface area contributed by atoms with Gasteiger partial charge >= 0.3 is 5.76 Å². The zero-order valence-electron chi connectivity index (χ0n) is 10.5. The van der Waals surface area contributed by atoms with Gasteiger partial charge in [0.15, 0.2) is 0 Å². The van der Waals surface area contributed by atoms with Crippen LogP contribution in [0.25, 0.3) is 0 Å². The van der Waals surface area contributed by atoms with Gasteiger partial charge in [0.25, 0.3) is 5.91 Å². The lowest BCUT2D eigenvalue weighted by atomic mass is 10.2. The van der Waals surface area contributed by atoms with E-state index in [2.05, 4.69) is 0 Å². The molecule has 0 saturated carbocycles. The van der Waals surface area contributed by atoms with Crippen molar-refractivity contribution in [1.29, 1.82) is 0 Å². The maximum atomic E-state index is 12.4. The summed E-state index contributed by atoms with van der Waals surface area (Å²) in [4.78, 5) is 13.1. The number of alkyl halides is 2. The topological polar surface area (TPSA) is 80.5 Å². The molecule has 0 aromatic heterocycles. The average molecular weight is 304 g/mol. The number of rotatable bonds is 3. The van der Waals surface area contributed by atoms with Gasteiger partial charge in [-0.05, 0) is 30.7 Å². The standard InChI is InChI=1S/C12H14F2N2O3S/c13-12(14)20(18,19)10-3-1-8(2-4-10)11(17)16-6-5-9(15)7-16/h1-4,9,12H,5-7,15H2/t9-/m1/s1. The van der Waals surface area contributed by atoms with Gasteiger partial charge in [-0.3, -0.25) is 4.79 Å². The molecule has 0 unspecified atom stereocenters. The summed E-state index contributed by atoms with van der Waals surface area (Å²) in [6, 6.07) is 4.45. The Balaban J connectivity index is 2.19. The molecule has 110 valence electrons. The third-order valence-corrected chi connectivity index (χ3v) is 4.57. The highest BCUT2D eigenvalue weighted by Gasteiger charge is 2.28. The molecule has 1 amide bonds. The zero-order valence-corrected chi connectivity index (χ0v) is 11.3. The van der Waals surface area contributed by atoms with Crippen LogP contribution in [-0.4, -0.2) is 44.1 Å². The van der Waals surface area contributed by atoms with Crippen molar-refractivity contribution in [3.8, 4) is 0 Å². The van der Waals surface area contributed by atoms with Gasteiger partial charge in [0.2, 0.25) is 9.84 Å². The molecular formula is C12H14F2N2O3S. The lowest BCUT2D eigenvalue weighted by Crippen LogP contribution is -2.31. The maximum Gasteiger partial charge on any atom is 0.341 e. The highest BCUT2D eigenvalue weighted by Crippen LogP contribution is 2.20. The first-order valence-electron chi connectivity index (χ1n) is 5.99. The summed E-state index contributed by atoms with van der Waals surface area (Å²) >= 11 is 0. The number of nitrogens with two attached hydrogens (primary N) is 1. The molecule has 0 bridgehead atoms. The molecule has 2 rings (SSSR count). The fourth-order valence-corrected chi connectivity index (χ4v) is 2.77. The van der Waals surface area contributed by atoms with E-state index in [1.807, 2.05) is 0 Å². The van der Waals surface area contributed by atoms with Gasteiger partial charge in [0.1, 0.15) is 0 Å². The summed E-state index contributed by atoms with van der Waals surface area (Å²) in [6.07, 6.45) is 0.712. The SMILES string of the molecule is N[C@@H]1CCN(C(=O)c2ccc(S(=O)(=O)C(F)F)cc2)C1. The Labute approximate surface area is 115 Å². The van der Waals surface area contributed by atoms with Crippen LogP contribution in [0.2, 0.25) is 0 Å². The molecule has 1 aliphatic heterocycles. The number of carbonyl (C=O) groups excluding carboxylic acids is 1. The third kappa shape index (κ3) is 2.80. The minimum absolute atomic E-state index is 0.0579. The predicted octanol–water partition coefficient (Wildman–Crippen LogP) is 0.856. The van der Waals surface area contributed by atoms with Gasteiger partial charge in [0.05, 0.1) is 4.90 Å². The molecule has 1 aliphatic rings. The number of hydrogen-bond acceptors (Lipinski definition) is 4. The van der Waals surface area contributed by atoms with Crippen molar-refractivity contribution in [3.05, 3.63) is 29.8 Å². The first-order chi connectivity index (χ1) is 9.32. The number of halogens is 2. The normalized spacial score (nSPS) is 19.6. The lowest BCUT2D eigenvalue weighted by Gasteiger charge is -2.15. The van der Waals surface area contributed by atoms with Crippen LogP contribution in [0.5, 0.6) is 0 Å². The Morgan fingerprint density at radius 1 is 1.30 bits per heavy atom. The smallest absolute Gasteiger partial charge is 0.337 e. The van der Waals surface area contributed by atoms with E-state index in [0.717, 1.165) is 12.1 Å². The van der Waals surface area contributed by atoms with E-state index in [1.54, 1.807) is 4.90 Å². The summed E-state index contributed by atoms with van der Waals surface area (Å²) in [7, 11) is -4.63. The Morgan fingerprint density at radius 3 is 2.35 bits per heavy atom. The van der Waals surface area contributed by atoms with E-state index in [1.165, 1.54) is 12.1 Å². The van der Waals surface area contributed by atoms with E-state index in [-0.39, 0.29) is 17.5 Å². The number of nitrogens with zero attached hydrogens (tertiary/aromatic N) is 1. The van der Waals surface area contributed by atoms with Crippen molar-refractivity contribution in [2.24, 2.45) is 5.73 Å². The molecule has 1 aromatic carbocycles. The molecule has 0 spiro atoms. The van der Waals surface area contributed by atoms with Crippen LogP contribution in [0.15, 0.2) is 29.2 Å². The van der Waals surface area contributed by atoms with Gasteiger partial charge in [-0.15, -0.1) is 0 Å². The van der Waals surface area contributed by atoms with Gasteiger partial charge in [-0.2, -0.15) is 8.78 Å². The highest BCUT2D eigenvalue weighted by molar-refractivity contribution is 7.91. The second-order valence-electron chi connectivity index (χ2n) is 4.63. The number of amides is 1. The van der Waals surface area contributed by atoms with E-state index in [0.29, 0.717) is 19.5 Å². The number of hydrogen-bond donors (Lipinski definition) is 1. The van der Waals surface area contributed by atoms with Crippen LogP contribution in [0.4, 0.5) is 8.78 Å². The van der Waals surface area contributed by atoms with Crippen LogP contribution < -0.4 is 5.73 Å². The fourth-order valence-electron chi connectivity index (χ4n) is 2.04. The molecule has 2 N–H and O–H groups in total. The molecule has 1 fully saturated rings. The summed E-state index contributed by atoms with van der Waals surface area (Å²) in [5, 5.41) is 0. The van der Waals surface area contributed by atoms with Crippen molar-refractivity contribution in [3.63, 3.8) is 0 Å². The van der Waals surface area contributed by atoms with Crippen molar-refractivity contribution >= 4 is 15.7 Å². The zero-order chi connectivity index (χ0) is 14.9. The summed E-state index contributed by atoms with van der Waals surface area (Å²) in [5.74, 6) is -3.75. The molecule has 5 nitrogen and oxygen atoms in total. The average Bonchev–Trinajstić information content (AvgIpc) is 2.84. The van der Waals surface area contributed by atoms with E-state index < -0.39 is 20.5 Å². The summed E-state index contributed by atoms with van der Waals surface area (Å²) in [6.45, 7) is 0.979. The lowest BCUT2D eigenvalue weighted by molar-refractivity contribution is 0.0791. The number of sulfone groups is 1. The molecule has 0 radical (unpaired) electrons. The molecule has 1 heterocycles. The first kappa shape index (κ1) is 14.9. The first-order valence-corrected chi connectivity index (χ1v) is 7.54. The van der Waals surface area contributed by atoms with E-state index >= 15 is 0 Å². The molecule has 1 saturated heterocycles. The second-order valence-corrected chi connectivity index (χ2v) is 6.55. The molecule has 1 aromatic rings.